The number of rotatable bonds is 2. The highest BCUT2D eigenvalue weighted by molar-refractivity contribution is 5.93. The molecule has 1 aliphatic carbocycles. The molecule has 1 saturated carbocycles. The van der Waals surface area contributed by atoms with Gasteiger partial charge in [-0.15, -0.1) is 0 Å². The number of aromatic nitrogens is 1. The van der Waals surface area contributed by atoms with E-state index in [9.17, 15) is 4.79 Å². The number of carbonyl (C=O) groups is 1. The van der Waals surface area contributed by atoms with Crippen molar-refractivity contribution < 1.29 is 14.4 Å². The van der Waals surface area contributed by atoms with Crippen molar-refractivity contribution in [1.29, 1.82) is 0 Å². The van der Waals surface area contributed by atoms with Crippen LogP contribution < -0.4 is 0 Å². The van der Waals surface area contributed by atoms with Crippen molar-refractivity contribution in [2.45, 2.75) is 18.8 Å². The number of fused-ring (bicyclic) bond motifs is 1. The van der Waals surface area contributed by atoms with Crippen LogP contribution in [0.25, 0.3) is 11.0 Å². The maximum Gasteiger partial charge on any atom is 0.335 e. The average molecular weight is 203 g/mol. The number of benzene rings is 1. The molecular weight excluding hydrogens is 194 g/mol. The molecule has 1 aromatic heterocycles. The van der Waals surface area contributed by atoms with Gasteiger partial charge in [0.25, 0.3) is 0 Å². The van der Waals surface area contributed by atoms with Gasteiger partial charge >= 0.3 is 5.97 Å². The SMILES string of the molecule is O=C(O)c1ccc2onc(C3CC3)c2c1. The van der Waals surface area contributed by atoms with Crippen LogP contribution in [-0.4, -0.2) is 16.2 Å². The monoisotopic (exact) mass is 203 g/mol. The van der Waals surface area contributed by atoms with Gasteiger partial charge in [0.15, 0.2) is 5.58 Å². The third kappa shape index (κ3) is 1.29. The fraction of sp³-hybridized carbons (Fsp3) is 0.273. The minimum atomic E-state index is -0.917. The maximum atomic E-state index is 10.8. The molecule has 15 heavy (non-hydrogen) atoms. The summed E-state index contributed by atoms with van der Waals surface area (Å²) in [6, 6.07) is 4.84. The Morgan fingerprint density at radius 3 is 2.93 bits per heavy atom. The van der Waals surface area contributed by atoms with Crippen LogP contribution in [0.5, 0.6) is 0 Å². The smallest absolute Gasteiger partial charge is 0.335 e. The van der Waals surface area contributed by atoms with Crippen LogP contribution in [0.4, 0.5) is 0 Å². The molecule has 0 radical (unpaired) electrons. The van der Waals surface area contributed by atoms with Gasteiger partial charge in [-0.25, -0.2) is 4.79 Å². The molecule has 0 unspecified atom stereocenters. The molecule has 1 fully saturated rings. The number of carboxylic acids is 1. The van der Waals surface area contributed by atoms with E-state index in [-0.39, 0.29) is 5.56 Å². The standard InChI is InChI=1S/C11H9NO3/c13-11(14)7-3-4-9-8(5-7)10(12-15-9)6-1-2-6/h3-6H,1-2H2,(H,13,14). The summed E-state index contributed by atoms with van der Waals surface area (Å²) in [6.07, 6.45) is 2.25. The van der Waals surface area contributed by atoms with Gasteiger partial charge in [-0.05, 0) is 31.0 Å². The highest BCUT2D eigenvalue weighted by atomic mass is 16.5. The fourth-order valence-corrected chi connectivity index (χ4v) is 1.74. The van der Waals surface area contributed by atoms with Crippen LogP contribution >= 0.6 is 0 Å². The second-order valence-corrected chi connectivity index (χ2v) is 3.86. The highest BCUT2D eigenvalue weighted by Crippen LogP contribution is 2.42. The topological polar surface area (TPSA) is 63.3 Å². The Balaban J connectivity index is 2.21. The summed E-state index contributed by atoms with van der Waals surface area (Å²) < 4.78 is 5.14. The summed E-state index contributed by atoms with van der Waals surface area (Å²) >= 11 is 0. The third-order valence-electron chi connectivity index (χ3n) is 2.71. The predicted octanol–water partition coefficient (Wildman–Crippen LogP) is 2.40. The number of nitrogens with zero attached hydrogens (tertiary/aromatic N) is 1. The zero-order chi connectivity index (χ0) is 10.4. The molecule has 1 aromatic carbocycles. The van der Waals surface area contributed by atoms with E-state index in [1.165, 1.54) is 6.07 Å². The zero-order valence-corrected chi connectivity index (χ0v) is 7.93. The van der Waals surface area contributed by atoms with Gasteiger partial charge in [-0.3, -0.25) is 0 Å². The normalized spacial score (nSPS) is 15.7. The summed E-state index contributed by atoms with van der Waals surface area (Å²) in [5, 5.41) is 13.7. The Kier molecular flexibility index (Phi) is 1.59. The molecular formula is C11H9NO3. The lowest BCUT2D eigenvalue weighted by Crippen LogP contribution is -1.95. The summed E-state index contributed by atoms with van der Waals surface area (Å²) in [4.78, 5) is 10.8. The lowest BCUT2D eigenvalue weighted by molar-refractivity contribution is 0.0697. The second kappa shape index (κ2) is 2.82. The second-order valence-electron chi connectivity index (χ2n) is 3.86. The van der Waals surface area contributed by atoms with Gasteiger partial charge in [-0.1, -0.05) is 5.16 Å². The van der Waals surface area contributed by atoms with Crippen molar-refractivity contribution in [1.82, 2.24) is 5.16 Å². The summed E-state index contributed by atoms with van der Waals surface area (Å²) in [6.45, 7) is 0. The molecule has 0 atom stereocenters. The van der Waals surface area contributed by atoms with Crippen LogP contribution in [-0.2, 0) is 0 Å². The van der Waals surface area contributed by atoms with Crippen LogP contribution in [0.2, 0.25) is 0 Å². The largest absolute Gasteiger partial charge is 0.478 e. The molecule has 4 heteroatoms. The molecule has 0 saturated heterocycles. The maximum absolute atomic E-state index is 10.8. The van der Waals surface area contributed by atoms with E-state index in [0.717, 1.165) is 23.9 Å². The van der Waals surface area contributed by atoms with E-state index in [1.807, 2.05) is 0 Å². The van der Waals surface area contributed by atoms with Gasteiger partial charge in [0.1, 0.15) is 0 Å². The molecule has 76 valence electrons. The Labute approximate surface area is 85.5 Å². The Morgan fingerprint density at radius 2 is 2.27 bits per heavy atom. The van der Waals surface area contributed by atoms with Crippen molar-refractivity contribution in [3.05, 3.63) is 29.5 Å². The number of hydrogen-bond donors (Lipinski definition) is 1. The first-order valence-corrected chi connectivity index (χ1v) is 4.88. The van der Waals surface area contributed by atoms with Crippen LogP contribution in [0, 0.1) is 0 Å². The van der Waals surface area contributed by atoms with Crippen molar-refractivity contribution in [2.75, 3.05) is 0 Å². The van der Waals surface area contributed by atoms with E-state index >= 15 is 0 Å². The van der Waals surface area contributed by atoms with E-state index in [2.05, 4.69) is 5.16 Å². The summed E-state index contributed by atoms with van der Waals surface area (Å²) in [7, 11) is 0. The molecule has 0 amide bonds. The molecule has 0 aliphatic heterocycles. The fourth-order valence-electron chi connectivity index (χ4n) is 1.74. The quantitative estimate of drug-likeness (QED) is 0.813. The van der Waals surface area contributed by atoms with Crippen molar-refractivity contribution in [3.8, 4) is 0 Å². The van der Waals surface area contributed by atoms with Gasteiger partial charge in [0.05, 0.1) is 11.3 Å². The van der Waals surface area contributed by atoms with Crippen molar-refractivity contribution in [2.24, 2.45) is 0 Å². The average Bonchev–Trinajstić information content (AvgIpc) is 2.98. The molecule has 2 aromatic rings. The van der Waals surface area contributed by atoms with Gasteiger partial charge in [-0.2, -0.15) is 0 Å². The predicted molar refractivity (Wildman–Crippen MR) is 52.9 cm³/mol. The van der Waals surface area contributed by atoms with E-state index in [0.29, 0.717) is 11.5 Å². The number of aromatic carboxylic acids is 1. The summed E-state index contributed by atoms with van der Waals surface area (Å²) in [5.41, 5.74) is 1.86. The molecule has 0 spiro atoms. The number of carboxylic acid groups (broad SMARTS) is 1. The molecule has 1 heterocycles. The first-order chi connectivity index (χ1) is 7.25. The van der Waals surface area contributed by atoms with Gasteiger partial charge < -0.3 is 9.63 Å². The van der Waals surface area contributed by atoms with Crippen molar-refractivity contribution >= 4 is 16.9 Å². The minimum absolute atomic E-state index is 0.285. The Bertz CT molecular complexity index is 540. The summed E-state index contributed by atoms with van der Waals surface area (Å²) in [5.74, 6) is -0.449. The van der Waals surface area contributed by atoms with E-state index in [1.54, 1.807) is 12.1 Å². The number of hydrogen-bond acceptors (Lipinski definition) is 3. The van der Waals surface area contributed by atoms with E-state index in [4.69, 9.17) is 9.63 Å². The molecule has 1 N–H and O–H groups in total. The molecule has 3 rings (SSSR count). The molecule has 4 nitrogen and oxygen atoms in total. The lowest BCUT2D eigenvalue weighted by Gasteiger charge is -1.94. The van der Waals surface area contributed by atoms with Gasteiger partial charge in [0, 0.05) is 11.3 Å². The molecule has 1 aliphatic rings. The Hall–Kier alpha value is -1.84. The lowest BCUT2D eigenvalue weighted by atomic mass is 10.1. The van der Waals surface area contributed by atoms with Crippen LogP contribution in [0.1, 0.15) is 34.8 Å². The first kappa shape index (κ1) is 8.47. The van der Waals surface area contributed by atoms with Gasteiger partial charge in [0.2, 0.25) is 0 Å². The first-order valence-electron chi connectivity index (χ1n) is 4.88. The molecule has 0 bridgehead atoms. The Morgan fingerprint density at radius 1 is 1.47 bits per heavy atom. The minimum Gasteiger partial charge on any atom is -0.478 e. The highest BCUT2D eigenvalue weighted by Gasteiger charge is 2.29. The van der Waals surface area contributed by atoms with E-state index < -0.39 is 5.97 Å². The van der Waals surface area contributed by atoms with Crippen LogP contribution in [0.3, 0.4) is 0 Å². The van der Waals surface area contributed by atoms with Crippen molar-refractivity contribution in [3.63, 3.8) is 0 Å². The van der Waals surface area contributed by atoms with Crippen LogP contribution in [0.15, 0.2) is 22.7 Å². The zero-order valence-electron chi connectivity index (χ0n) is 7.93. The third-order valence-corrected chi connectivity index (χ3v) is 2.71.